The Morgan fingerprint density at radius 2 is 2.43 bits per heavy atom. The number of aryl methyl sites for hydroxylation is 1. The summed E-state index contributed by atoms with van der Waals surface area (Å²) in [5.74, 6) is 0.904. The second-order valence-electron chi connectivity index (χ2n) is 3.20. The van der Waals surface area contributed by atoms with Crippen molar-refractivity contribution < 1.29 is 0 Å². The molecule has 0 atom stereocenters. The third-order valence-electron chi connectivity index (χ3n) is 2.16. The first kappa shape index (κ1) is 7.87. The van der Waals surface area contributed by atoms with Gasteiger partial charge >= 0.3 is 0 Å². The fourth-order valence-corrected chi connectivity index (χ4v) is 2.54. The quantitative estimate of drug-likeness (QED) is 0.653. The largest absolute Gasteiger partial charge is 0.284 e. The molecule has 14 heavy (non-hydrogen) atoms. The maximum absolute atomic E-state index is 4.30. The molecule has 0 aromatic carbocycles. The second kappa shape index (κ2) is 2.75. The number of aromatic nitrogens is 3. The minimum Gasteiger partial charge on any atom is -0.284 e. The van der Waals surface area contributed by atoms with Crippen LogP contribution >= 0.6 is 11.3 Å². The van der Waals surface area contributed by atoms with E-state index in [1.807, 2.05) is 10.8 Å². The van der Waals surface area contributed by atoms with Crippen molar-refractivity contribution in [2.75, 3.05) is 0 Å². The van der Waals surface area contributed by atoms with E-state index in [1.54, 1.807) is 17.7 Å². The van der Waals surface area contributed by atoms with E-state index in [4.69, 9.17) is 0 Å². The van der Waals surface area contributed by atoms with Crippen molar-refractivity contribution in [2.45, 2.75) is 13.5 Å². The van der Waals surface area contributed by atoms with Crippen molar-refractivity contribution in [2.24, 2.45) is 4.99 Å². The summed E-state index contributed by atoms with van der Waals surface area (Å²) in [6.07, 6.45) is 3.66. The molecule has 2 aromatic rings. The summed E-state index contributed by atoms with van der Waals surface area (Å²) >= 11 is 1.74. The highest BCUT2D eigenvalue weighted by molar-refractivity contribution is 7.14. The molecule has 0 aliphatic carbocycles. The van der Waals surface area contributed by atoms with Gasteiger partial charge in [0.05, 0.1) is 6.54 Å². The second-order valence-corrected chi connectivity index (χ2v) is 4.44. The van der Waals surface area contributed by atoms with Crippen molar-refractivity contribution in [3.8, 4) is 5.00 Å². The minimum absolute atomic E-state index is 0.612. The summed E-state index contributed by atoms with van der Waals surface area (Å²) in [6, 6.07) is 2.14. The molecule has 0 saturated carbocycles. The van der Waals surface area contributed by atoms with Gasteiger partial charge < -0.3 is 0 Å². The van der Waals surface area contributed by atoms with Gasteiger partial charge in [0.25, 0.3) is 0 Å². The molecule has 0 saturated heterocycles. The van der Waals surface area contributed by atoms with Crippen LogP contribution in [0.5, 0.6) is 0 Å². The van der Waals surface area contributed by atoms with Crippen molar-refractivity contribution >= 4 is 17.6 Å². The maximum atomic E-state index is 4.30. The van der Waals surface area contributed by atoms with Crippen molar-refractivity contribution in [1.82, 2.24) is 14.8 Å². The Kier molecular flexibility index (Phi) is 1.55. The van der Waals surface area contributed by atoms with Gasteiger partial charge in [-0.2, -0.15) is 0 Å². The number of rotatable bonds is 0. The number of fused-ring (bicyclic) bond motifs is 3. The van der Waals surface area contributed by atoms with Gasteiger partial charge in [0, 0.05) is 16.7 Å². The summed E-state index contributed by atoms with van der Waals surface area (Å²) in [5, 5.41) is 9.10. The van der Waals surface area contributed by atoms with Gasteiger partial charge in [-0.05, 0) is 13.0 Å². The van der Waals surface area contributed by atoms with Gasteiger partial charge in [-0.15, -0.1) is 21.5 Å². The normalized spacial score (nSPS) is 13.5. The van der Waals surface area contributed by atoms with Crippen LogP contribution in [0.1, 0.15) is 16.3 Å². The van der Waals surface area contributed by atoms with Gasteiger partial charge in [0.1, 0.15) is 11.3 Å². The highest BCUT2D eigenvalue weighted by Crippen LogP contribution is 2.27. The first-order chi connectivity index (χ1) is 6.84. The summed E-state index contributed by atoms with van der Waals surface area (Å²) in [5.41, 5.74) is 1.16. The molecule has 2 aromatic heterocycles. The van der Waals surface area contributed by atoms with E-state index in [9.17, 15) is 0 Å². The van der Waals surface area contributed by atoms with E-state index in [2.05, 4.69) is 28.2 Å². The van der Waals surface area contributed by atoms with Gasteiger partial charge in [-0.1, -0.05) is 0 Å². The SMILES string of the molecule is Cc1cc2c(s1)-n1cnnc1CN=C2. The lowest BCUT2D eigenvalue weighted by Crippen LogP contribution is -1.96. The molecule has 0 bridgehead atoms. The van der Waals surface area contributed by atoms with Gasteiger partial charge in [0.2, 0.25) is 0 Å². The Morgan fingerprint density at radius 3 is 3.36 bits per heavy atom. The fraction of sp³-hybridized carbons (Fsp3) is 0.222. The number of hydrogen-bond acceptors (Lipinski definition) is 4. The van der Waals surface area contributed by atoms with Crippen LogP contribution in [0.4, 0.5) is 0 Å². The zero-order chi connectivity index (χ0) is 9.54. The van der Waals surface area contributed by atoms with Crippen LogP contribution in [-0.2, 0) is 6.54 Å². The Balaban J connectivity index is 2.32. The molecule has 0 N–H and O–H groups in total. The molecule has 0 radical (unpaired) electrons. The molecular formula is C9H8N4S. The predicted molar refractivity (Wildman–Crippen MR) is 55.3 cm³/mol. The summed E-state index contributed by atoms with van der Waals surface area (Å²) < 4.78 is 2.01. The van der Waals surface area contributed by atoms with E-state index in [-0.39, 0.29) is 0 Å². The smallest absolute Gasteiger partial charge is 0.159 e. The molecule has 70 valence electrons. The van der Waals surface area contributed by atoms with Crippen molar-refractivity contribution in [3.05, 3.63) is 28.7 Å². The van der Waals surface area contributed by atoms with Gasteiger partial charge in [-0.3, -0.25) is 9.56 Å². The first-order valence-corrected chi connectivity index (χ1v) is 5.16. The highest BCUT2D eigenvalue weighted by atomic mass is 32.1. The van der Waals surface area contributed by atoms with Gasteiger partial charge in [0.15, 0.2) is 5.82 Å². The van der Waals surface area contributed by atoms with Gasteiger partial charge in [-0.25, -0.2) is 0 Å². The van der Waals surface area contributed by atoms with Crippen LogP contribution in [0, 0.1) is 6.92 Å². The lowest BCUT2D eigenvalue weighted by molar-refractivity contribution is 0.878. The van der Waals surface area contributed by atoms with E-state index in [0.29, 0.717) is 6.54 Å². The zero-order valence-electron chi connectivity index (χ0n) is 7.64. The molecule has 3 rings (SSSR count). The van der Waals surface area contributed by atoms with Crippen LogP contribution in [0.2, 0.25) is 0 Å². The van der Waals surface area contributed by atoms with Crippen LogP contribution in [0.25, 0.3) is 5.00 Å². The fourth-order valence-electron chi connectivity index (χ4n) is 1.56. The van der Waals surface area contributed by atoms with E-state index in [0.717, 1.165) is 11.4 Å². The van der Waals surface area contributed by atoms with E-state index >= 15 is 0 Å². The molecule has 5 heteroatoms. The van der Waals surface area contributed by atoms with E-state index in [1.165, 1.54) is 9.88 Å². The standard InChI is InChI=1S/C9H8N4S/c1-6-2-7-3-10-4-8-12-11-5-13(8)9(7)14-6/h2-3,5H,4H2,1H3. The average Bonchev–Trinajstić information content (AvgIpc) is 2.70. The lowest BCUT2D eigenvalue weighted by Gasteiger charge is -1.99. The average molecular weight is 204 g/mol. The molecule has 3 heterocycles. The first-order valence-electron chi connectivity index (χ1n) is 4.34. The molecular weight excluding hydrogens is 196 g/mol. The number of aliphatic imine (C=N–C) groups is 1. The Hall–Kier alpha value is -1.49. The molecule has 0 spiro atoms. The van der Waals surface area contributed by atoms with Crippen LogP contribution in [-0.4, -0.2) is 21.0 Å². The Morgan fingerprint density at radius 1 is 1.50 bits per heavy atom. The topological polar surface area (TPSA) is 43.1 Å². The van der Waals surface area contributed by atoms with Crippen molar-refractivity contribution in [3.63, 3.8) is 0 Å². The van der Waals surface area contributed by atoms with E-state index < -0.39 is 0 Å². The molecule has 0 amide bonds. The third kappa shape index (κ3) is 1.02. The van der Waals surface area contributed by atoms with Crippen molar-refractivity contribution in [1.29, 1.82) is 0 Å². The molecule has 1 aliphatic rings. The predicted octanol–water partition coefficient (Wildman–Crippen LogP) is 1.57. The minimum atomic E-state index is 0.612. The lowest BCUT2D eigenvalue weighted by atomic mass is 10.3. The summed E-state index contributed by atoms with van der Waals surface area (Å²) in [4.78, 5) is 5.58. The molecule has 1 aliphatic heterocycles. The summed E-state index contributed by atoms with van der Waals surface area (Å²) in [7, 11) is 0. The monoisotopic (exact) mass is 204 g/mol. The molecule has 0 fully saturated rings. The molecule has 4 nitrogen and oxygen atoms in total. The molecule has 0 unspecified atom stereocenters. The Labute approximate surface area is 84.9 Å². The summed E-state index contributed by atoms with van der Waals surface area (Å²) in [6.45, 7) is 2.71. The number of thiophene rings is 1. The third-order valence-corrected chi connectivity index (χ3v) is 3.23. The van der Waals surface area contributed by atoms with Crippen LogP contribution < -0.4 is 0 Å². The maximum Gasteiger partial charge on any atom is 0.159 e. The number of hydrogen-bond donors (Lipinski definition) is 0. The Bertz CT molecular complexity index is 509. The van der Waals surface area contributed by atoms with Crippen LogP contribution in [0.15, 0.2) is 17.4 Å². The zero-order valence-corrected chi connectivity index (χ0v) is 8.45. The number of nitrogens with zero attached hydrogens (tertiary/aromatic N) is 4. The van der Waals surface area contributed by atoms with Crippen LogP contribution in [0.3, 0.4) is 0 Å². The highest BCUT2D eigenvalue weighted by Gasteiger charge is 2.14.